The Labute approximate surface area is 134 Å². The van der Waals surface area contributed by atoms with Crippen molar-refractivity contribution in [2.75, 3.05) is 36.9 Å². The zero-order chi connectivity index (χ0) is 15.8. The van der Waals surface area contributed by atoms with Gasteiger partial charge < -0.3 is 15.5 Å². The lowest BCUT2D eigenvalue weighted by Gasteiger charge is -2.20. The minimum Gasteiger partial charge on any atom is -0.354 e. The summed E-state index contributed by atoms with van der Waals surface area (Å²) in [5.41, 5.74) is 0. The fourth-order valence-corrected chi connectivity index (χ4v) is 2.11. The highest BCUT2D eigenvalue weighted by Crippen LogP contribution is 2.23. The lowest BCUT2D eigenvalue weighted by atomic mass is 10.2. The van der Waals surface area contributed by atoms with Crippen molar-refractivity contribution in [1.82, 2.24) is 15.3 Å². The van der Waals surface area contributed by atoms with E-state index in [1.807, 2.05) is 7.05 Å². The van der Waals surface area contributed by atoms with Crippen LogP contribution in [0.15, 0.2) is 10.7 Å². The molecule has 0 fully saturated rings. The molecule has 0 radical (unpaired) electrons. The number of hydrogen-bond acceptors (Lipinski definition) is 5. The summed E-state index contributed by atoms with van der Waals surface area (Å²) in [6.07, 6.45) is 2.70. The highest BCUT2D eigenvalue weighted by atomic mass is 79.9. The third-order valence-corrected chi connectivity index (χ3v) is 3.27. The van der Waals surface area contributed by atoms with Gasteiger partial charge in [0.25, 0.3) is 0 Å². The number of carbonyl (C=O) groups is 1. The van der Waals surface area contributed by atoms with E-state index in [-0.39, 0.29) is 12.5 Å². The second kappa shape index (κ2) is 8.81. The molecular formula is C14H24BrN5O. The largest absolute Gasteiger partial charge is 0.354 e. The van der Waals surface area contributed by atoms with Crippen molar-refractivity contribution in [3.63, 3.8) is 0 Å². The van der Waals surface area contributed by atoms with E-state index in [1.165, 1.54) is 0 Å². The van der Waals surface area contributed by atoms with Crippen LogP contribution in [0, 0.1) is 5.92 Å². The predicted octanol–water partition coefficient (Wildman–Crippen LogP) is 2.27. The van der Waals surface area contributed by atoms with Crippen molar-refractivity contribution in [1.29, 1.82) is 0 Å². The maximum absolute atomic E-state index is 11.9. The zero-order valence-electron chi connectivity index (χ0n) is 13.1. The van der Waals surface area contributed by atoms with Gasteiger partial charge in [0.1, 0.15) is 5.82 Å². The molecule has 118 valence electrons. The van der Waals surface area contributed by atoms with Gasteiger partial charge in [-0.05, 0) is 28.3 Å². The first kappa shape index (κ1) is 17.7. The Morgan fingerprint density at radius 1 is 1.48 bits per heavy atom. The maximum Gasteiger partial charge on any atom is 0.239 e. The molecule has 21 heavy (non-hydrogen) atoms. The van der Waals surface area contributed by atoms with E-state index in [2.05, 4.69) is 57.3 Å². The number of aromatic nitrogens is 2. The van der Waals surface area contributed by atoms with Crippen molar-refractivity contribution in [3.8, 4) is 0 Å². The number of halogens is 1. The first-order valence-electron chi connectivity index (χ1n) is 7.18. The molecule has 1 rings (SSSR count). The van der Waals surface area contributed by atoms with Crippen molar-refractivity contribution >= 4 is 33.6 Å². The summed E-state index contributed by atoms with van der Waals surface area (Å²) in [6, 6.07) is 0. The minimum atomic E-state index is -0.0141. The fourth-order valence-electron chi connectivity index (χ4n) is 1.61. The van der Waals surface area contributed by atoms with Crippen LogP contribution in [0.4, 0.5) is 11.8 Å². The Morgan fingerprint density at radius 2 is 2.19 bits per heavy atom. The quantitative estimate of drug-likeness (QED) is 0.746. The maximum atomic E-state index is 11.9. The summed E-state index contributed by atoms with van der Waals surface area (Å²) in [5.74, 6) is 1.70. The Morgan fingerprint density at radius 3 is 2.81 bits per heavy atom. The summed E-state index contributed by atoms with van der Waals surface area (Å²) in [6.45, 7) is 7.97. The van der Waals surface area contributed by atoms with Crippen LogP contribution < -0.4 is 15.5 Å². The molecule has 1 heterocycles. The second-order valence-electron chi connectivity index (χ2n) is 5.35. The minimum absolute atomic E-state index is 0.0141. The highest BCUT2D eigenvalue weighted by Gasteiger charge is 2.13. The molecule has 0 spiro atoms. The molecule has 0 aliphatic heterocycles. The molecule has 1 amide bonds. The molecule has 0 aromatic carbocycles. The van der Waals surface area contributed by atoms with E-state index in [4.69, 9.17) is 0 Å². The fraction of sp³-hybridized carbons (Fsp3) is 0.643. The van der Waals surface area contributed by atoms with Gasteiger partial charge in [-0.25, -0.2) is 4.98 Å². The highest BCUT2D eigenvalue weighted by molar-refractivity contribution is 9.10. The molecule has 7 heteroatoms. The number of anilines is 2. The average molecular weight is 358 g/mol. The van der Waals surface area contributed by atoms with Gasteiger partial charge in [-0.1, -0.05) is 20.8 Å². The van der Waals surface area contributed by atoms with E-state index < -0.39 is 0 Å². The van der Waals surface area contributed by atoms with Crippen LogP contribution in [0.25, 0.3) is 0 Å². The standard InChI is InChI=1S/C14H24BrN5O/c1-5-6-16-14-18-8-11(15)13(19-14)20(4)9-12(21)17-7-10(2)3/h8,10H,5-7,9H2,1-4H3,(H,17,21)(H,16,18,19). The molecule has 0 unspecified atom stereocenters. The molecular weight excluding hydrogens is 334 g/mol. The summed E-state index contributed by atoms with van der Waals surface area (Å²) >= 11 is 3.43. The van der Waals surface area contributed by atoms with E-state index in [9.17, 15) is 4.79 Å². The predicted molar refractivity (Wildman–Crippen MR) is 89.6 cm³/mol. The first-order valence-corrected chi connectivity index (χ1v) is 7.97. The van der Waals surface area contributed by atoms with Gasteiger partial charge >= 0.3 is 0 Å². The summed E-state index contributed by atoms with van der Waals surface area (Å²) in [7, 11) is 1.84. The molecule has 0 atom stereocenters. The summed E-state index contributed by atoms with van der Waals surface area (Å²) in [4.78, 5) is 22.3. The molecule has 0 bridgehead atoms. The zero-order valence-corrected chi connectivity index (χ0v) is 14.7. The van der Waals surface area contributed by atoms with Crippen LogP contribution in [-0.2, 0) is 4.79 Å². The van der Waals surface area contributed by atoms with Crippen molar-refractivity contribution in [2.45, 2.75) is 27.2 Å². The van der Waals surface area contributed by atoms with Gasteiger partial charge in [-0.2, -0.15) is 4.98 Å². The monoisotopic (exact) mass is 357 g/mol. The van der Waals surface area contributed by atoms with E-state index in [0.717, 1.165) is 17.4 Å². The molecule has 2 N–H and O–H groups in total. The molecule has 1 aromatic heterocycles. The lowest BCUT2D eigenvalue weighted by Crippen LogP contribution is -2.37. The molecule has 0 aliphatic carbocycles. The van der Waals surface area contributed by atoms with Gasteiger partial charge in [-0.3, -0.25) is 4.79 Å². The van der Waals surface area contributed by atoms with Crippen molar-refractivity contribution in [3.05, 3.63) is 10.7 Å². The molecule has 1 aromatic rings. The summed E-state index contributed by atoms with van der Waals surface area (Å²) < 4.78 is 0.767. The van der Waals surface area contributed by atoms with Gasteiger partial charge in [0, 0.05) is 26.3 Å². The number of carbonyl (C=O) groups excluding carboxylic acids is 1. The van der Waals surface area contributed by atoms with E-state index in [1.54, 1.807) is 11.1 Å². The molecule has 0 aliphatic rings. The van der Waals surface area contributed by atoms with Gasteiger partial charge in [0.2, 0.25) is 11.9 Å². The number of nitrogens with one attached hydrogen (secondary N) is 2. The normalized spacial score (nSPS) is 10.6. The average Bonchev–Trinajstić information content (AvgIpc) is 2.44. The first-order chi connectivity index (χ1) is 9.93. The van der Waals surface area contributed by atoms with Gasteiger partial charge in [0.15, 0.2) is 0 Å². The van der Waals surface area contributed by atoms with Gasteiger partial charge in [-0.15, -0.1) is 0 Å². The number of likely N-dealkylation sites (N-methyl/N-ethyl adjacent to an activating group) is 1. The second-order valence-corrected chi connectivity index (χ2v) is 6.20. The summed E-state index contributed by atoms with van der Waals surface area (Å²) in [5, 5.41) is 6.04. The number of hydrogen-bond donors (Lipinski definition) is 2. The van der Waals surface area contributed by atoms with Crippen molar-refractivity contribution in [2.24, 2.45) is 5.92 Å². The van der Waals surface area contributed by atoms with Gasteiger partial charge in [0.05, 0.1) is 11.0 Å². The Hall–Kier alpha value is -1.37. The van der Waals surface area contributed by atoms with Crippen LogP contribution in [0.2, 0.25) is 0 Å². The molecule has 0 saturated heterocycles. The van der Waals surface area contributed by atoms with Crippen LogP contribution in [0.5, 0.6) is 0 Å². The number of nitrogens with zero attached hydrogens (tertiary/aromatic N) is 3. The van der Waals surface area contributed by atoms with Crippen LogP contribution in [0.3, 0.4) is 0 Å². The van der Waals surface area contributed by atoms with E-state index >= 15 is 0 Å². The SMILES string of the molecule is CCCNc1ncc(Br)c(N(C)CC(=O)NCC(C)C)n1. The number of rotatable bonds is 8. The Balaban J connectivity index is 2.67. The Bertz CT molecular complexity index is 467. The molecule has 0 saturated carbocycles. The Kier molecular flexibility index (Phi) is 7.42. The smallest absolute Gasteiger partial charge is 0.239 e. The van der Waals surface area contributed by atoms with Crippen LogP contribution >= 0.6 is 15.9 Å². The topological polar surface area (TPSA) is 70.2 Å². The van der Waals surface area contributed by atoms with Crippen LogP contribution in [-0.4, -0.2) is 42.6 Å². The van der Waals surface area contributed by atoms with Crippen molar-refractivity contribution < 1.29 is 4.79 Å². The molecule has 6 nitrogen and oxygen atoms in total. The third-order valence-electron chi connectivity index (χ3n) is 2.71. The van der Waals surface area contributed by atoms with Crippen LogP contribution in [0.1, 0.15) is 27.2 Å². The lowest BCUT2D eigenvalue weighted by molar-refractivity contribution is -0.119. The van der Waals surface area contributed by atoms with E-state index in [0.29, 0.717) is 24.2 Å². The third kappa shape index (κ3) is 6.29. The number of amides is 1.